The summed E-state index contributed by atoms with van der Waals surface area (Å²) in [6, 6.07) is 25.9. The van der Waals surface area contributed by atoms with E-state index in [0.29, 0.717) is 6.04 Å². The van der Waals surface area contributed by atoms with Gasteiger partial charge in [-0.1, -0.05) is 55.5 Å². The Bertz CT molecular complexity index is 1240. The minimum absolute atomic E-state index is 0.165. The molecule has 0 amide bonds. The second-order valence-corrected chi connectivity index (χ2v) is 9.08. The number of nitrogens with one attached hydrogen (secondary N) is 2. The van der Waals surface area contributed by atoms with Crippen molar-refractivity contribution in [3.05, 3.63) is 84.6 Å². The van der Waals surface area contributed by atoms with Gasteiger partial charge in [-0.25, -0.2) is 9.97 Å². The van der Waals surface area contributed by atoms with Gasteiger partial charge in [0.15, 0.2) is 0 Å². The van der Waals surface area contributed by atoms with Gasteiger partial charge in [-0.05, 0) is 62.7 Å². The van der Waals surface area contributed by atoms with Crippen LogP contribution >= 0.6 is 0 Å². The van der Waals surface area contributed by atoms with Crippen LogP contribution in [-0.4, -0.2) is 40.5 Å². The fourth-order valence-electron chi connectivity index (χ4n) is 4.96. The summed E-state index contributed by atoms with van der Waals surface area (Å²) in [4.78, 5) is 12.1. The molecule has 0 radical (unpaired) electrons. The SMILES string of the molecule is CCN1CCCC1CNc1cc(-c2ccnc(N[C@@H](C)c3ccccc3)c2)nc2ccccc12. The van der Waals surface area contributed by atoms with Crippen molar-refractivity contribution in [2.45, 2.75) is 38.8 Å². The van der Waals surface area contributed by atoms with Crippen LogP contribution in [0.5, 0.6) is 0 Å². The van der Waals surface area contributed by atoms with E-state index in [1.807, 2.05) is 18.3 Å². The van der Waals surface area contributed by atoms with E-state index in [1.165, 1.54) is 24.9 Å². The summed E-state index contributed by atoms with van der Waals surface area (Å²) in [6.45, 7) is 7.69. The lowest BCUT2D eigenvalue weighted by atomic mass is 10.1. The molecule has 34 heavy (non-hydrogen) atoms. The van der Waals surface area contributed by atoms with E-state index in [1.54, 1.807) is 0 Å². The molecule has 0 saturated carbocycles. The number of para-hydroxylation sites is 1. The maximum absolute atomic E-state index is 4.99. The van der Waals surface area contributed by atoms with Crippen LogP contribution in [0.15, 0.2) is 79.0 Å². The predicted octanol–water partition coefficient (Wildman–Crippen LogP) is 6.37. The molecule has 3 heterocycles. The molecule has 174 valence electrons. The van der Waals surface area contributed by atoms with E-state index in [-0.39, 0.29) is 6.04 Å². The van der Waals surface area contributed by atoms with Crippen molar-refractivity contribution in [2.75, 3.05) is 30.3 Å². The molecule has 1 saturated heterocycles. The third-order valence-electron chi connectivity index (χ3n) is 6.87. The molecule has 2 atom stereocenters. The summed E-state index contributed by atoms with van der Waals surface area (Å²) >= 11 is 0. The average molecular weight is 452 g/mol. The molecule has 5 nitrogen and oxygen atoms in total. The summed E-state index contributed by atoms with van der Waals surface area (Å²) in [7, 11) is 0. The number of pyridine rings is 2. The molecule has 5 heteroatoms. The number of likely N-dealkylation sites (tertiary alicyclic amines) is 1. The zero-order valence-electron chi connectivity index (χ0n) is 20.0. The lowest BCUT2D eigenvalue weighted by molar-refractivity contribution is 0.277. The molecule has 2 aromatic heterocycles. The summed E-state index contributed by atoms with van der Waals surface area (Å²) in [6.07, 6.45) is 4.41. The first-order valence-electron chi connectivity index (χ1n) is 12.4. The van der Waals surface area contributed by atoms with E-state index in [4.69, 9.17) is 4.98 Å². The summed E-state index contributed by atoms with van der Waals surface area (Å²) in [5.74, 6) is 0.850. The maximum atomic E-state index is 4.99. The highest BCUT2D eigenvalue weighted by molar-refractivity contribution is 5.93. The summed E-state index contributed by atoms with van der Waals surface area (Å²) in [5.41, 5.74) is 5.40. The fraction of sp³-hybridized carbons (Fsp3) is 0.310. The van der Waals surface area contributed by atoms with Crippen molar-refractivity contribution < 1.29 is 0 Å². The Balaban J connectivity index is 1.42. The molecule has 0 aliphatic carbocycles. The molecule has 1 fully saturated rings. The van der Waals surface area contributed by atoms with Crippen LogP contribution in [0.4, 0.5) is 11.5 Å². The van der Waals surface area contributed by atoms with Gasteiger partial charge in [-0.3, -0.25) is 4.90 Å². The number of fused-ring (bicyclic) bond motifs is 1. The zero-order chi connectivity index (χ0) is 23.3. The van der Waals surface area contributed by atoms with Crippen molar-refractivity contribution in [2.24, 2.45) is 0 Å². The van der Waals surface area contributed by atoms with E-state index in [0.717, 1.165) is 46.8 Å². The zero-order valence-corrected chi connectivity index (χ0v) is 20.0. The second kappa shape index (κ2) is 10.2. The van der Waals surface area contributed by atoms with Gasteiger partial charge >= 0.3 is 0 Å². The summed E-state index contributed by atoms with van der Waals surface area (Å²) in [5, 5.41) is 8.46. The van der Waals surface area contributed by atoms with Gasteiger partial charge in [-0.2, -0.15) is 0 Å². The maximum Gasteiger partial charge on any atom is 0.127 e. The second-order valence-electron chi connectivity index (χ2n) is 9.08. The third kappa shape index (κ3) is 4.90. The van der Waals surface area contributed by atoms with Gasteiger partial charge in [0.25, 0.3) is 0 Å². The van der Waals surface area contributed by atoms with Crippen molar-refractivity contribution in [1.29, 1.82) is 0 Å². The number of anilines is 2. The first kappa shape index (κ1) is 22.4. The molecule has 4 aromatic rings. The van der Waals surface area contributed by atoms with E-state index < -0.39 is 0 Å². The van der Waals surface area contributed by atoms with Crippen molar-refractivity contribution >= 4 is 22.4 Å². The smallest absolute Gasteiger partial charge is 0.127 e. The van der Waals surface area contributed by atoms with Gasteiger partial charge < -0.3 is 10.6 Å². The number of benzene rings is 2. The largest absolute Gasteiger partial charge is 0.383 e. The van der Waals surface area contributed by atoms with Crippen LogP contribution in [-0.2, 0) is 0 Å². The Morgan fingerprint density at radius 2 is 1.85 bits per heavy atom. The lowest BCUT2D eigenvalue weighted by Gasteiger charge is -2.24. The number of aromatic nitrogens is 2. The summed E-state index contributed by atoms with van der Waals surface area (Å²) < 4.78 is 0. The highest BCUT2D eigenvalue weighted by atomic mass is 15.2. The van der Waals surface area contributed by atoms with Gasteiger partial charge in [0, 0.05) is 41.5 Å². The van der Waals surface area contributed by atoms with Gasteiger partial charge in [0.05, 0.1) is 11.2 Å². The minimum atomic E-state index is 0.165. The van der Waals surface area contributed by atoms with E-state index in [2.05, 4.69) is 95.0 Å². The van der Waals surface area contributed by atoms with Gasteiger partial charge in [0.1, 0.15) is 5.82 Å². The van der Waals surface area contributed by atoms with Gasteiger partial charge in [-0.15, -0.1) is 0 Å². The number of hydrogen-bond donors (Lipinski definition) is 2. The van der Waals surface area contributed by atoms with Crippen LogP contribution in [0, 0.1) is 0 Å². The Kier molecular flexibility index (Phi) is 6.72. The Labute approximate surface area is 202 Å². The van der Waals surface area contributed by atoms with Crippen LogP contribution in [0.1, 0.15) is 38.3 Å². The molecular weight excluding hydrogens is 418 g/mol. The Morgan fingerprint density at radius 3 is 2.71 bits per heavy atom. The monoisotopic (exact) mass is 451 g/mol. The molecule has 2 N–H and O–H groups in total. The Hall–Kier alpha value is -3.44. The molecular formula is C29H33N5. The van der Waals surface area contributed by atoms with E-state index in [9.17, 15) is 0 Å². The van der Waals surface area contributed by atoms with Crippen molar-refractivity contribution in [3.8, 4) is 11.3 Å². The van der Waals surface area contributed by atoms with Crippen LogP contribution in [0.25, 0.3) is 22.2 Å². The standard InChI is InChI=1S/C29H33N5/c1-3-34-17-9-12-24(34)20-31-28-19-27(33-26-14-8-7-13-25(26)28)23-15-16-30-29(18-23)32-21(2)22-10-5-4-6-11-22/h4-8,10-11,13-16,18-19,21,24H,3,9,12,17,20H2,1-2H3,(H,30,32)(H,31,33)/t21-,24?/m0/s1. The number of hydrogen-bond acceptors (Lipinski definition) is 5. The van der Waals surface area contributed by atoms with Crippen molar-refractivity contribution in [1.82, 2.24) is 14.9 Å². The third-order valence-corrected chi connectivity index (χ3v) is 6.87. The average Bonchev–Trinajstić information content (AvgIpc) is 3.35. The minimum Gasteiger partial charge on any atom is -0.383 e. The molecule has 0 bridgehead atoms. The van der Waals surface area contributed by atoms with Gasteiger partial charge in [0.2, 0.25) is 0 Å². The highest BCUT2D eigenvalue weighted by Crippen LogP contribution is 2.30. The number of nitrogens with zero attached hydrogens (tertiary/aromatic N) is 3. The molecule has 0 spiro atoms. The number of likely N-dealkylation sites (N-methyl/N-ethyl adjacent to an activating group) is 1. The molecule has 1 aliphatic heterocycles. The first-order chi connectivity index (χ1) is 16.7. The highest BCUT2D eigenvalue weighted by Gasteiger charge is 2.22. The lowest BCUT2D eigenvalue weighted by Crippen LogP contribution is -2.34. The fourth-order valence-corrected chi connectivity index (χ4v) is 4.96. The Morgan fingerprint density at radius 1 is 1.03 bits per heavy atom. The predicted molar refractivity (Wildman–Crippen MR) is 142 cm³/mol. The molecule has 1 unspecified atom stereocenters. The van der Waals surface area contributed by atoms with Crippen LogP contribution in [0.3, 0.4) is 0 Å². The topological polar surface area (TPSA) is 53.1 Å². The molecule has 1 aliphatic rings. The van der Waals surface area contributed by atoms with Crippen molar-refractivity contribution in [3.63, 3.8) is 0 Å². The first-order valence-corrected chi connectivity index (χ1v) is 12.4. The quantitative estimate of drug-likeness (QED) is 0.326. The van der Waals surface area contributed by atoms with Crippen LogP contribution < -0.4 is 10.6 Å². The molecule has 5 rings (SSSR count). The van der Waals surface area contributed by atoms with E-state index >= 15 is 0 Å². The molecule has 2 aromatic carbocycles. The normalized spacial score (nSPS) is 17.1. The number of rotatable bonds is 8. The van der Waals surface area contributed by atoms with Crippen LogP contribution in [0.2, 0.25) is 0 Å².